The Morgan fingerprint density at radius 2 is 1.95 bits per heavy atom. The van der Waals surface area contributed by atoms with Gasteiger partial charge in [0, 0.05) is 37.6 Å². The summed E-state index contributed by atoms with van der Waals surface area (Å²) in [6.45, 7) is 10.5. The van der Waals surface area contributed by atoms with Gasteiger partial charge in [-0.25, -0.2) is 29.4 Å². The zero-order valence-electron chi connectivity index (χ0n) is 21.3. The normalized spacial score (nSPS) is 16.5. The number of hydrogen-bond acceptors (Lipinski definition) is 9. The van der Waals surface area contributed by atoms with E-state index in [0.29, 0.717) is 11.9 Å². The van der Waals surface area contributed by atoms with Crippen LogP contribution in [0.2, 0.25) is 0 Å². The summed E-state index contributed by atoms with van der Waals surface area (Å²) in [5.41, 5.74) is 6.91. The second kappa shape index (κ2) is 9.70. The highest BCUT2D eigenvalue weighted by molar-refractivity contribution is 5.87. The Morgan fingerprint density at radius 1 is 1.03 bits per heavy atom. The minimum atomic E-state index is 0.341. The highest BCUT2D eigenvalue weighted by atomic mass is 15.3. The number of pyridine rings is 1. The van der Waals surface area contributed by atoms with Crippen LogP contribution in [0.5, 0.6) is 0 Å². The Bertz CT molecular complexity index is 1560. The summed E-state index contributed by atoms with van der Waals surface area (Å²) in [5, 5.41) is 7.64. The van der Waals surface area contributed by atoms with Gasteiger partial charge in [0.1, 0.15) is 23.7 Å². The molecule has 0 aliphatic carbocycles. The van der Waals surface area contributed by atoms with Gasteiger partial charge < -0.3 is 10.2 Å². The predicted molar refractivity (Wildman–Crippen MR) is 144 cm³/mol. The van der Waals surface area contributed by atoms with Gasteiger partial charge in [0.15, 0.2) is 11.5 Å². The molecule has 0 bridgehead atoms. The third-order valence-corrected chi connectivity index (χ3v) is 7.13. The van der Waals surface area contributed by atoms with Crippen molar-refractivity contribution in [1.29, 1.82) is 0 Å². The Labute approximate surface area is 215 Å². The number of piperazine rings is 1. The van der Waals surface area contributed by atoms with E-state index < -0.39 is 0 Å². The summed E-state index contributed by atoms with van der Waals surface area (Å²) in [6.07, 6.45) is 7.69. The van der Waals surface area contributed by atoms with Crippen molar-refractivity contribution in [2.45, 2.75) is 33.2 Å². The molecule has 5 aromatic rings. The van der Waals surface area contributed by atoms with Gasteiger partial charge in [-0.05, 0) is 67.8 Å². The second-order valence-electron chi connectivity index (χ2n) is 9.60. The molecule has 1 aromatic carbocycles. The van der Waals surface area contributed by atoms with Crippen LogP contribution < -0.4 is 10.2 Å². The highest BCUT2D eigenvalue weighted by Gasteiger charge is 2.25. The van der Waals surface area contributed by atoms with E-state index in [9.17, 15) is 0 Å². The number of aryl methyl sites for hydroxylation is 1. The molecule has 6 rings (SSSR count). The zero-order valence-corrected chi connectivity index (χ0v) is 21.3. The molecular weight excluding hydrogens is 464 g/mol. The van der Waals surface area contributed by atoms with E-state index in [1.807, 2.05) is 6.20 Å². The Kier molecular flexibility index (Phi) is 6.09. The lowest BCUT2D eigenvalue weighted by molar-refractivity contribution is 0.238. The molecule has 0 amide bonds. The van der Waals surface area contributed by atoms with Gasteiger partial charge in [-0.15, -0.1) is 0 Å². The lowest BCUT2D eigenvalue weighted by Gasteiger charge is -2.39. The monoisotopic (exact) mass is 494 g/mol. The number of rotatable bonds is 6. The molecule has 1 N–H and O–H groups in total. The van der Waals surface area contributed by atoms with Gasteiger partial charge in [0.05, 0.1) is 6.20 Å². The molecule has 4 aromatic heterocycles. The molecule has 188 valence electrons. The second-order valence-corrected chi connectivity index (χ2v) is 9.60. The summed E-state index contributed by atoms with van der Waals surface area (Å²) < 4.78 is 1.77. The Balaban J connectivity index is 1.24. The fourth-order valence-electron chi connectivity index (χ4n) is 4.99. The number of nitrogens with zero attached hydrogens (tertiary/aromatic N) is 9. The van der Waals surface area contributed by atoms with Gasteiger partial charge in [0.2, 0.25) is 5.95 Å². The minimum absolute atomic E-state index is 0.341. The maximum absolute atomic E-state index is 4.91. The van der Waals surface area contributed by atoms with Crippen molar-refractivity contribution in [3.63, 3.8) is 0 Å². The first-order chi connectivity index (χ1) is 18.1. The van der Waals surface area contributed by atoms with E-state index in [1.165, 1.54) is 16.7 Å². The lowest BCUT2D eigenvalue weighted by Crippen LogP contribution is -2.52. The van der Waals surface area contributed by atoms with Crippen LogP contribution in [0.25, 0.3) is 16.7 Å². The summed E-state index contributed by atoms with van der Waals surface area (Å²) >= 11 is 0. The van der Waals surface area contributed by atoms with Gasteiger partial charge in [-0.2, -0.15) is 5.10 Å². The first-order valence-electron chi connectivity index (χ1n) is 12.7. The molecule has 37 heavy (non-hydrogen) atoms. The fourth-order valence-corrected chi connectivity index (χ4v) is 4.99. The lowest BCUT2D eigenvalue weighted by atomic mass is 10.0. The van der Waals surface area contributed by atoms with Crippen molar-refractivity contribution in [3.05, 3.63) is 72.1 Å². The van der Waals surface area contributed by atoms with Crippen LogP contribution in [0, 0.1) is 6.92 Å². The number of fused-ring (bicyclic) bond motifs is 2. The topological polar surface area (TPSA) is 100 Å². The van der Waals surface area contributed by atoms with Crippen molar-refractivity contribution in [2.24, 2.45) is 0 Å². The quantitative estimate of drug-likeness (QED) is 0.379. The van der Waals surface area contributed by atoms with Crippen molar-refractivity contribution >= 4 is 34.1 Å². The molecule has 0 radical (unpaired) electrons. The molecule has 0 spiro atoms. The van der Waals surface area contributed by atoms with E-state index in [2.05, 4.69) is 91.3 Å². The summed E-state index contributed by atoms with van der Waals surface area (Å²) in [5.74, 6) is 1.41. The number of benzene rings is 1. The molecule has 0 unspecified atom stereocenters. The van der Waals surface area contributed by atoms with Crippen LogP contribution >= 0.6 is 0 Å². The van der Waals surface area contributed by atoms with E-state index >= 15 is 0 Å². The molecule has 1 aliphatic heterocycles. The van der Waals surface area contributed by atoms with Crippen LogP contribution in [-0.2, 0) is 6.42 Å². The van der Waals surface area contributed by atoms with E-state index in [-0.39, 0.29) is 0 Å². The number of hydrogen-bond donors (Lipinski definition) is 1. The molecule has 0 saturated carbocycles. The zero-order chi connectivity index (χ0) is 25.4. The van der Waals surface area contributed by atoms with Crippen LogP contribution in [0.15, 0.2) is 55.4 Å². The van der Waals surface area contributed by atoms with Crippen LogP contribution in [0.3, 0.4) is 0 Å². The molecule has 1 aliphatic rings. The number of likely N-dealkylation sites (N-methyl/N-ethyl adjacent to an activating group) is 1. The Morgan fingerprint density at radius 3 is 2.78 bits per heavy atom. The molecular formula is C27H30N10. The van der Waals surface area contributed by atoms with Gasteiger partial charge in [0.25, 0.3) is 0 Å². The third kappa shape index (κ3) is 4.67. The standard InChI is InChI=1S/C27H30N10/c1-4-35-9-10-36(19(3)15-35)27-28-14-23-25(34-27)26(31-16-29-23)33-22-6-5-21(18(2)11-22)12-20-7-8-37-24(13-20)30-17-32-37/h5-8,11,13-14,16-17,19H,4,9-10,12,15H2,1-3H3,(H,29,31,33)/t19-/m0/s1. The summed E-state index contributed by atoms with van der Waals surface area (Å²) in [6, 6.07) is 10.9. The largest absolute Gasteiger partial charge is 0.338 e. The van der Waals surface area contributed by atoms with Crippen molar-refractivity contribution in [1.82, 2.24) is 39.4 Å². The molecule has 1 fully saturated rings. The first-order valence-corrected chi connectivity index (χ1v) is 12.7. The van der Waals surface area contributed by atoms with Gasteiger partial charge in [-0.1, -0.05) is 13.0 Å². The third-order valence-electron chi connectivity index (χ3n) is 7.13. The Hall–Kier alpha value is -4.18. The fraction of sp³-hybridized carbons (Fsp3) is 0.333. The van der Waals surface area contributed by atoms with Crippen LogP contribution in [-0.4, -0.2) is 71.7 Å². The summed E-state index contributed by atoms with van der Waals surface area (Å²) in [7, 11) is 0. The molecule has 1 atom stereocenters. The number of anilines is 3. The maximum atomic E-state index is 4.91. The van der Waals surface area contributed by atoms with E-state index in [1.54, 1.807) is 23.4 Å². The molecule has 5 heterocycles. The van der Waals surface area contributed by atoms with Crippen molar-refractivity contribution in [3.8, 4) is 0 Å². The average molecular weight is 495 g/mol. The van der Waals surface area contributed by atoms with Crippen LogP contribution in [0.1, 0.15) is 30.5 Å². The molecule has 1 saturated heterocycles. The van der Waals surface area contributed by atoms with E-state index in [0.717, 1.165) is 60.9 Å². The van der Waals surface area contributed by atoms with Crippen molar-refractivity contribution < 1.29 is 0 Å². The number of aromatic nitrogens is 7. The van der Waals surface area contributed by atoms with Crippen molar-refractivity contribution in [2.75, 3.05) is 36.4 Å². The smallest absolute Gasteiger partial charge is 0.226 e. The molecule has 10 nitrogen and oxygen atoms in total. The predicted octanol–water partition coefficient (Wildman–Crippen LogP) is 3.64. The first kappa shape index (κ1) is 23.2. The minimum Gasteiger partial charge on any atom is -0.338 e. The van der Waals surface area contributed by atoms with Gasteiger partial charge >= 0.3 is 0 Å². The summed E-state index contributed by atoms with van der Waals surface area (Å²) in [4.78, 5) is 27.5. The highest BCUT2D eigenvalue weighted by Crippen LogP contribution is 2.26. The van der Waals surface area contributed by atoms with Gasteiger partial charge in [-0.3, -0.25) is 4.90 Å². The van der Waals surface area contributed by atoms with E-state index in [4.69, 9.17) is 4.98 Å². The maximum Gasteiger partial charge on any atom is 0.226 e. The van der Waals surface area contributed by atoms with Crippen LogP contribution in [0.4, 0.5) is 17.5 Å². The average Bonchev–Trinajstić information content (AvgIpc) is 3.38. The SMILES string of the molecule is CCN1CCN(c2ncc3ncnc(Nc4ccc(Cc5ccn6ncnc6c5)c(C)c4)c3n2)[C@@H](C)C1. The number of nitrogens with one attached hydrogen (secondary N) is 1. The molecule has 10 heteroatoms.